The van der Waals surface area contributed by atoms with Gasteiger partial charge < -0.3 is 9.47 Å². The molecule has 32 heavy (non-hydrogen) atoms. The molecule has 6 heteroatoms. The minimum atomic E-state index is -0.280. The van der Waals surface area contributed by atoms with E-state index < -0.39 is 0 Å². The molecule has 0 spiro atoms. The van der Waals surface area contributed by atoms with Crippen molar-refractivity contribution in [2.24, 2.45) is 5.10 Å². The minimum Gasteiger partial charge on any atom is -0.493 e. The molecular weight excluding hydrogens is 402 g/mol. The van der Waals surface area contributed by atoms with Crippen LogP contribution in [0.2, 0.25) is 0 Å². The Bertz CT molecular complexity index is 1000. The van der Waals surface area contributed by atoms with E-state index in [0.29, 0.717) is 24.7 Å². The summed E-state index contributed by atoms with van der Waals surface area (Å²) in [4.78, 5) is 15.8. The minimum absolute atomic E-state index is 0.280. The molecule has 0 saturated heterocycles. The highest BCUT2D eigenvalue weighted by atomic mass is 16.5. The number of hydrazone groups is 1. The van der Waals surface area contributed by atoms with Gasteiger partial charge >= 0.3 is 0 Å². The van der Waals surface area contributed by atoms with Crippen LogP contribution < -0.4 is 14.9 Å². The van der Waals surface area contributed by atoms with Gasteiger partial charge in [-0.3, -0.25) is 9.78 Å². The number of pyridine rings is 1. The molecule has 0 saturated carbocycles. The number of nitrogens with zero attached hydrogens (tertiary/aromatic N) is 2. The van der Waals surface area contributed by atoms with E-state index in [4.69, 9.17) is 9.47 Å². The Hall–Kier alpha value is -3.67. The fraction of sp³-hybridized carbons (Fsp3) is 0.269. The number of amides is 1. The summed E-state index contributed by atoms with van der Waals surface area (Å²) in [6.07, 6.45) is 6.59. The molecule has 0 fully saturated rings. The van der Waals surface area contributed by atoms with Crippen LogP contribution >= 0.6 is 0 Å². The third-order valence-corrected chi connectivity index (χ3v) is 5.08. The van der Waals surface area contributed by atoms with Gasteiger partial charge in [0.1, 0.15) is 11.5 Å². The molecule has 3 rings (SSSR count). The molecule has 0 aliphatic rings. The van der Waals surface area contributed by atoms with Crippen molar-refractivity contribution < 1.29 is 14.3 Å². The van der Waals surface area contributed by atoms with Gasteiger partial charge in [-0.05, 0) is 65.9 Å². The lowest BCUT2D eigenvalue weighted by atomic mass is 9.98. The van der Waals surface area contributed by atoms with Crippen LogP contribution in [0.15, 0.2) is 78.2 Å². The summed E-state index contributed by atoms with van der Waals surface area (Å²) in [5, 5.41) is 3.99. The van der Waals surface area contributed by atoms with E-state index in [-0.39, 0.29) is 5.91 Å². The Morgan fingerprint density at radius 3 is 2.50 bits per heavy atom. The number of aromatic nitrogens is 1. The SMILES string of the molecule is CCC(C)c1ccccc1OCCCOc1ccc(/C=N/NC(=O)c2ccncc2)cc1. The van der Waals surface area contributed by atoms with Crippen LogP contribution in [0.5, 0.6) is 11.5 Å². The topological polar surface area (TPSA) is 72.8 Å². The van der Waals surface area contributed by atoms with Gasteiger partial charge in [0.15, 0.2) is 0 Å². The largest absolute Gasteiger partial charge is 0.493 e. The van der Waals surface area contributed by atoms with Gasteiger partial charge in [0.05, 0.1) is 19.4 Å². The first-order valence-corrected chi connectivity index (χ1v) is 10.9. The Labute approximate surface area is 189 Å². The third-order valence-electron chi connectivity index (χ3n) is 5.08. The number of carbonyl (C=O) groups excluding carboxylic acids is 1. The van der Waals surface area contributed by atoms with Crippen molar-refractivity contribution in [1.82, 2.24) is 10.4 Å². The molecule has 166 valence electrons. The molecule has 1 unspecified atom stereocenters. The Kier molecular flexibility index (Phi) is 8.80. The Morgan fingerprint density at radius 1 is 1.03 bits per heavy atom. The van der Waals surface area contributed by atoms with E-state index in [1.807, 2.05) is 36.4 Å². The van der Waals surface area contributed by atoms with Crippen LogP contribution in [-0.4, -0.2) is 30.3 Å². The van der Waals surface area contributed by atoms with Crippen molar-refractivity contribution in [3.8, 4) is 11.5 Å². The standard InChI is InChI=1S/C26H29N3O3/c1-3-20(2)24-7-4-5-8-25(24)32-18-6-17-31-23-11-9-21(10-12-23)19-28-29-26(30)22-13-15-27-16-14-22/h4-5,7-16,19-20H,3,6,17-18H2,1-2H3,(H,29,30)/b28-19+. The second kappa shape index (κ2) is 12.2. The van der Waals surface area contributed by atoms with Crippen molar-refractivity contribution in [3.63, 3.8) is 0 Å². The van der Waals surface area contributed by atoms with Crippen LogP contribution in [0.3, 0.4) is 0 Å². The number of carbonyl (C=O) groups is 1. The lowest BCUT2D eigenvalue weighted by Gasteiger charge is -2.15. The second-order valence-electron chi connectivity index (χ2n) is 7.40. The average Bonchev–Trinajstić information content (AvgIpc) is 2.85. The van der Waals surface area contributed by atoms with Gasteiger partial charge in [-0.1, -0.05) is 32.0 Å². The highest BCUT2D eigenvalue weighted by Crippen LogP contribution is 2.28. The molecule has 0 radical (unpaired) electrons. The van der Waals surface area contributed by atoms with Gasteiger partial charge in [0.2, 0.25) is 0 Å². The molecule has 3 aromatic rings. The van der Waals surface area contributed by atoms with E-state index in [1.54, 1.807) is 30.7 Å². The maximum Gasteiger partial charge on any atom is 0.271 e. The van der Waals surface area contributed by atoms with E-state index >= 15 is 0 Å². The van der Waals surface area contributed by atoms with Gasteiger partial charge in [-0.15, -0.1) is 0 Å². The summed E-state index contributed by atoms with van der Waals surface area (Å²) in [7, 11) is 0. The second-order valence-corrected chi connectivity index (χ2v) is 7.40. The van der Waals surface area contributed by atoms with Gasteiger partial charge in [0, 0.05) is 24.4 Å². The first kappa shape index (κ1) is 23.0. The summed E-state index contributed by atoms with van der Waals surface area (Å²) in [5.74, 6) is 1.94. The average molecular weight is 432 g/mol. The maximum atomic E-state index is 11.9. The molecule has 0 aliphatic heterocycles. The van der Waals surface area contributed by atoms with Crippen LogP contribution in [-0.2, 0) is 0 Å². The summed E-state index contributed by atoms with van der Waals surface area (Å²) in [6.45, 7) is 5.58. The van der Waals surface area contributed by atoms with E-state index in [0.717, 1.165) is 29.9 Å². The molecule has 1 aromatic heterocycles. The molecular formula is C26H29N3O3. The van der Waals surface area contributed by atoms with E-state index in [2.05, 4.69) is 41.5 Å². The Balaban J connectivity index is 1.39. The highest BCUT2D eigenvalue weighted by molar-refractivity contribution is 5.94. The number of para-hydroxylation sites is 1. The normalized spacial score (nSPS) is 11.8. The fourth-order valence-electron chi connectivity index (χ4n) is 3.05. The summed E-state index contributed by atoms with van der Waals surface area (Å²) < 4.78 is 11.8. The Morgan fingerprint density at radius 2 is 1.75 bits per heavy atom. The number of benzene rings is 2. The molecule has 2 aromatic carbocycles. The van der Waals surface area contributed by atoms with Crippen molar-refractivity contribution in [2.45, 2.75) is 32.6 Å². The van der Waals surface area contributed by atoms with Gasteiger partial charge in [-0.2, -0.15) is 5.10 Å². The zero-order valence-electron chi connectivity index (χ0n) is 18.5. The van der Waals surface area contributed by atoms with Crippen LogP contribution in [0.1, 0.15) is 54.1 Å². The lowest BCUT2D eigenvalue weighted by Crippen LogP contribution is -2.17. The van der Waals surface area contributed by atoms with Crippen molar-refractivity contribution in [3.05, 3.63) is 89.7 Å². The maximum absolute atomic E-state index is 11.9. The zero-order valence-corrected chi connectivity index (χ0v) is 18.5. The number of nitrogens with one attached hydrogen (secondary N) is 1. The molecule has 0 bridgehead atoms. The van der Waals surface area contributed by atoms with Crippen molar-refractivity contribution >= 4 is 12.1 Å². The van der Waals surface area contributed by atoms with Crippen LogP contribution in [0.25, 0.3) is 0 Å². The lowest BCUT2D eigenvalue weighted by molar-refractivity contribution is 0.0955. The number of hydrogen-bond donors (Lipinski definition) is 1. The smallest absolute Gasteiger partial charge is 0.271 e. The number of hydrogen-bond acceptors (Lipinski definition) is 5. The van der Waals surface area contributed by atoms with Gasteiger partial charge in [0.25, 0.3) is 5.91 Å². The predicted octanol–water partition coefficient (Wildman–Crippen LogP) is 5.21. The van der Waals surface area contributed by atoms with E-state index in [9.17, 15) is 4.79 Å². The van der Waals surface area contributed by atoms with Gasteiger partial charge in [-0.25, -0.2) is 5.43 Å². The number of ether oxygens (including phenoxy) is 2. The quantitative estimate of drug-likeness (QED) is 0.257. The molecule has 1 atom stereocenters. The molecule has 1 heterocycles. The summed E-state index contributed by atoms with van der Waals surface area (Å²) in [6, 6.07) is 19.0. The van der Waals surface area contributed by atoms with Crippen LogP contribution in [0.4, 0.5) is 0 Å². The highest BCUT2D eigenvalue weighted by Gasteiger charge is 2.09. The third kappa shape index (κ3) is 6.94. The first-order valence-electron chi connectivity index (χ1n) is 10.9. The monoisotopic (exact) mass is 431 g/mol. The molecule has 1 amide bonds. The first-order chi connectivity index (χ1) is 15.7. The van der Waals surface area contributed by atoms with Crippen molar-refractivity contribution in [2.75, 3.05) is 13.2 Å². The fourth-order valence-corrected chi connectivity index (χ4v) is 3.05. The molecule has 0 aliphatic carbocycles. The van der Waals surface area contributed by atoms with Crippen molar-refractivity contribution in [1.29, 1.82) is 0 Å². The molecule has 1 N–H and O–H groups in total. The van der Waals surface area contributed by atoms with E-state index in [1.165, 1.54) is 5.56 Å². The molecule has 6 nitrogen and oxygen atoms in total. The summed E-state index contributed by atoms with van der Waals surface area (Å²) in [5.41, 5.74) is 5.12. The zero-order chi connectivity index (χ0) is 22.6. The predicted molar refractivity (Wildman–Crippen MR) is 126 cm³/mol. The summed E-state index contributed by atoms with van der Waals surface area (Å²) >= 11 is 0. The number of rotatable bonds is 11. The van der Waals surface area contributed by atoms with Crippen LogP contribution in [0, 0.1) is 0 Å².